The second-order valence-electron chi connectivity index (χ2n) is 6.58. The molecule has 20 heavy (non-hydrogen) atoms. The number of nitrogens with zero attached hydrogens (tertiary/aromatic N) is 1. The van der Waals surface area contributed by atoms with E-state index in [0.717, 1.165) is 12.8 Å². The number of carbonyl (C=O) groups excluding carboxylic acids is 1. The third kappa shape index (κ3) is 4.72. The van der Waals surface area contributed by atoms with Crippen LogP contribution in [0.25, 0.3) is 0 Å². The summed E-state index contributed by atoms with van der Waals surface area (Å²) in [7, 11) is 0. The average Bonchev–Trinajstić information content (AvgIpc) is 2.28. The molecule has 0 spiro atoms. The molecule has 0 atom stereocenters. The van der Waals surface area contributed by atoms with Crippen LogP contribution in [0, 0.1) is 0 Å². The summed E-state index contributed by atoms with van der Waals surface area (Å²) in [5.41, 5.74) is -0.159. The predicted molar refractivity (Wildman–Crippen MR) is 77.2 cm³/mol. The third-order valence-electron chi connectivity index (χ3n) is 3.55. The summed E-state index contributed by atoms with van der Waals surface area (Å²) in [6.45, 7) is 13.5. The van der Waals surface area contributed by atoms with Crippen LogP contribution in [0.3, 0.4) is 0 Å². The molecule has 0 saturated carbocycles. The normalized spacial score (nSPS) is 22.7. The molecule has 0 radical (unpaired) electrons. The molecule has 0 aromatic rings. The minimum Gasteiger partial charge on any atom is -0.463 e. The van der Waals surface area contributed by atoms with Gasteiger partial charge in [0.25, 0.3) is 0 Å². The van der Waals surface area contributed by atoms with E-state index in [1.165, 1.54) is 6.92 Å². The van der Waals surface area contributed by atoms with Gasteiger partial charge in [-0.3, -0.25) is 9.63 Å². The van der Waals surface area contributed by atoms with Crippen LogP contribution in [-0.2, 0) is 19.1 Å². The fourth-order valence-corrected chi connectivity index (χ4v) is 3.17. The molecule has 5 heteroatoms. The molecule has 1 fully saturated rings. The lowest BCUT2D eigenvalue weighted by Gasteiger charge is -2.53. The van der Waals surface area contributed by atoms with E-state index in [4.69, 9.17) is 14.3 Å². The lowest BCUT2D eigenvalue weighted by Crippen LogP contribution is -2.61. The highest BCUT2D eigenvalue weighted by Gasteiger charge is 2.46. The largest absolute Gasteiger partial charge is 0.463 e. The van der Waals surface area contributed by atoms with Crippen molar-refractivity contribution in [3.63, 3.8) is 0 Å². The zero-order chi connectivity index (χ0) is 15.4. The van der Waals surface area contributed by atoms with Crippen molar-refractivity contribution in [3.8, 4) is 0 Å². The Hall–Kier alpha value is -0.650. The summed E-state index contributed by atoms with van der Waals surface area (Å²) in [5.74, 6) is -0.263. The van der Waals surface area contributed by atoms with Crippen molar-refractivity contribution in [3.05, 3.63) is 0 Å². The van der Waals surface area contributed by atoms with Gasteiger partial charge < -0.3 is 9.47 Å². The van der Waals surface area contributed by atoms with Gasteiger partial charge in [0, 0.05) is 18.0 Å². The van der Waals surface area contributed by atoms with Gasteiger partial charge >= 0.3 is 5.97 Å². The molecule has 0 aliphatic carbocycles. The third-order valence-corrected chi connectivity index (χ3v) is 3.55. The van der Waals surface area contributed by atoms with E-state index in [1.54, 1.807) is 0 Å². The number of esters is 1. The van der Waals surface area contributed by atoms with Crippen molar-refractivity contribution < 1.29 is 19.1 Å². The summed E-state index contributed by atoms with van der Waals surface area (Å²) in [6.07, 6.45) is 1.96. The Morgan fingerprint density at radius 3 is 2.15 bits per heavy atom. The average molecular weight is 287 g/mol. The van der Waals surface area contributed by atoms with Crippen molar-refractivity contribution in [2.75, 3.05) is 19.8 Å². The summed E-state index contributed by atoms with van der Waals surface area (Å²) in [5, 5.41) is 2.10. The molecule has 0 unspecified atom stereocenters. The zero-order valence-electron chi connectivity index (χ0n) is 13.7. The molecular formula is C15H29NO4. The van der Waals surface area contributed by atoms with Gasteiger partial charge in [0.1, 0.15) is 6.61 Å². The lowest BCUT2D eigenvalue weighted by atomic mass is 9.80. The van der Waals surface area contributed by atoms with Crippen LogP contribution in [0.15, 0.2) is 0 Å². The van der Waals surface area contributed by atoms with Crippen LogP contribution in [0.5, 0.6) is 0 Å². The minimum absolute atomic E-state index is 0.0795. The smallest absolute Gasteiger partial charge is 0.302 e. The van der Waals surface area contributed by atoms with Crippen LogP contribution < -0.4 is 0 Å². The number of carbonyl (C=O) groups is 1. The number of hydroxylamine groups is 2. The van der Waals surface area contributed by atoms with Gasteiger partial charge in [-0.05, 0) is 47.5 Å². The van der Waals surface area contributed by atoms with Crippen molar-refractivity contribution in [1.82, 2.24) is 5.06 Å². The van der Waals surface area contributed by atoms with E-state index in [0.29, 0.717) is 19.8 Å². The first-order chi connectivity index (χ1) is 9.19. The summed E-state index contributed by atoms with van der Waals surface area (Å²) in [4.78, 5) is 16.5. The first kappa shape index (κ1) is 17.4. The Morgan fingerprint density at radius 1 is 1.15 bits per heavy atom. The van der Waals surface area contributed by atoms with E-state index >= 15 is 0 Å². The van der Waals surface area contributed by atoms with E-state index in [2.05, 4.69) is 32.8 Å². The van der Waals surface area contributed by atoms with Crippen LogP contribution in [-0.4, -0.2) is 48.0 Å². The first-order valence-electron chi connectivity index (χ1n) is 7.37. The highest BCUT2D eigenvalue weighted by atomic mass is 16.7. The van der Waals surface area contributed by atoms with Crippen molar-refractivity contribution >= 4 is 5.97 Å². The van der Waals surface area contributed by atoms with Gasteiger partial charge in [-0.25, -0.2) is 0 Å². The highest BCUT2D eigenvalue weighted by molar-refractivity contribution is 5.65. The Labute approximate surface area is 122 Å². The fraction of sp³-hybridized carbons (Fsp3) is 0.933. The monoisotopic (exact) mass is 287 g/mol. The maximum Gasteiger partial charge on any atom is 0.302 e. The van der Waals surface area contributed by atoms with E-state index in [1.807, 2.05) is 6.92 Å². The Morgan fingerprint density at radius 2 is 1.70 bits per heavy atom. The number of ether oxygens (including phenoxy) is 2. The number of rotatable bonds is 6. The second-order valence-corrected chi connectivity index (χ2v) is 6.58. The maximum absolute atomic E-state index is 10.7. The van der Waals surface area contributed by atoms with E-state index < -0.39 is 0 Å². The lowest BCUT2D eigenvalue weighted by molar-refractivity contribution is -0.292. The molecule has 1 rings (SSSR count). The minimum atomic E-state index is -0.263. The standard InChI is InChI=1S/C15H29NO4/c1-7-20-16-14(3,4)10-13(11-15(16,5)6)19-9-8-18-12(2)17/h13H,7-11H2,1-6H3. The van der Waals surface area contributed by atoms with Gasteiger partial charge in [-0.1, -0.05) is 0 Å². The maximum atomic E-state index is 10.7. The molecule has 118 valence electrons. The van der Waals surface area contributed by atoms with Crippen LogP contribution >= 0.6 is 0 Å². The second kappa shape index (κ2) is 6.87. The fourth-order valence-electron chi connectivity index (χ4n) is 3.17. The van der Waals surface area contributed by atoms with Crippen molar-refractivity contribution in [2.24, 2.45) is 0 Å². The summed E-state index contributed by atoms with van der Waals surface area (Å²) in [6, 6.07) is 0. The topological polar surface area (TPSA) is 48.0 Å². The molecule has 0 amide bonds. The van der Waals surface area contributed by atoms with Crippen LogP contribution in [0.4, 0.5) is 0 Å². The number of hydrogen-bond donors (Lipinski definition) is 0. The highest BCUT2D eigenvalue weighted by Crippen LogP contribution is 2.39. The number of piperidine rings is 1. The molecule has 0 aromatic carbocycles. The molecule has 0 bridgehead atoms. The van der Waals surface area contributed by atoms with Crippen molar-refractivity contribution in [1.29, 1.82) is 0 Å². The molecule has 0 N–H and O–H groups in total. The Bertz CT molecular complexity index is 310. The van der Waals surface area contributed by atoms with Gasteiger partial charge in [0.05, 0.1) is 19.3 Å². The van der Waals surface area contributed by atoms with Gasteiger partial charge in [-0.2, -0.15) is 5.06 Å². The number of hydrogen-bond acceptors (Lipinski definition) is 5. The van der Waals surface area contributed by atoms with Crippen LogP contribution in [0.2, 0.25) is 0 Å². The molecule has 1 aliphatic rings. The van der Waals surface area contributed by atoms with E-state index in [-0.39, 0.29) is 23.2 Å². The Kier molecular flexibility index (Phi) is 5.98. The molecular weight excluding hydrogens is 258 g/mol. The molecule has 5 nitrogen and oxygen atoms in total. The quantitative estimate of drug-likeness (QED) is 0.555. The molecule has 1 aliphatic heterocycles. The molecule has 1 saturated heterocycles. The predicted octanol–water partition coefficient (Wildman–Crippen LogP) is 2.54. The van der Waals surface area contributed by atoms with E-state index in [9.17, 15) is 4.79 Å². The van der Waals surface area contributed by atoms with Crippen LogP contribution in [0.1, 0.15) is 54.4 Å². The van der Waals surface area contributed by atoms with Crippen molar-refractivity contribution in [2.45, 2.75) is 71.6 Å². The summed E-state index contributed by atoms with van der Waals surface area (Å²) < 4.78 is 10.8. The van der Waals surface area contributed by atoms with Gasteiger partial charge in [0.2, 0.25) is 0 Å². The Balaban J connectivity index is 2.55. The van der Waals surface area contributed by atoms with Gasteiger partial charge in [-0.15, -0.1) is 0 Å². The SMILES string of the molecule is CCON1C(C)(C)CC(OCCOC(C)=O)CC1(C)C. The first-order valence-corrected chi connectivity index (χ1v) is 7.37. The molecule has 1 heterocycles. The summed E-state index contributed by atoms with van der Waals surface area (Å²) >= 11 is 0. The van der Waals surface area contributed by atoms with Gasteiger partial charge in [0.15, 0.2) is 0 Å². The molecule has 0 aromatic heterocycles. The zero-order valence-corrected chi connectivity index (χ0v) is 13.7.